The number of ether oxygens (including phenoxy) is 3. The lowest BCUT2D eigenvalue weighted by Gasteiger charge is -2.18. The van der Waals surface area contributed by atoms with Gasteiger partial charge in [0.05, 0.1) is 0 Å². The fraction of sp³-hybridized carbons (Fsp3) is 0.935. The second-order valence-electron chi connectivity index (χ2n) is 26.3. The van der Waals surface area contributed by atoms with Gasteiger partial charge < -0.3 is 14.2 Å². The first-order chi connectivity index (χ1) is 41.0. The number of carbonyl (C=O) groups is 3. The van der Waals surface area contributed by atoms with Gasteiger partial charge in [-0.15, -0.1) is 0 Å². The van der Waals surface area contributed by atoms with Crippen LogP contribution in [0.5, 0.6) is 0 Å². The van der Waals surface area contributed by atoms with Crippen LogP contribution in [0.3, 0.4) is 0 Å². The predicted molar refractivity (Wildman–Crippen MR) is 363 cm³/mol. The van der Waals surface area contributed by atoms with E-state index in [1.165, 1.54) is 340 Å². The molecule has 1 unspecified atom stereocenters. The zero-order chi connectivity index (χ0) is 59.9. The summed E-state index contributed by atoms with van der Waals surface area (Å²) in [6.45, 7) is 6.73. The number of hydrogen-bond donors (Lipinski definition) is 0. The smallest absolute Gasteiger partial charge is 0.306 e. The van der Waals surface area contributed by atoms with E-state index in [1.807, 2.05) is 0 Å². The quantitative estimate of drug-likeness (QED) is 0.0261. The summed E-state index contributed by atoms with van der Waals surface area (Å²) >= 11 is 0. The minimum Gasteiger partial charge on any atom is -0.462 e. The normalized spacial score (nSPS) is 12.0. The molecular formula is C77H148O6. The highest BCUT2D eigenvalue weighted by Crippen LogP contribution is 2.20. The number of esters is 3. The Bertz CT molecular complexity index is 1300. The maximum absolute atomic E-state index is 13.0. The Hall–Kier alpha value is -1.85. The Labute approximate surface area is 520 Å². The number of rotatable bonds is 72. The molecule has 0 fully saturated rings. The lowest BCUT2D eigenvalue weighted by Crippen LogP contribution is -2.30. The Morgan fingerprint density at radius 1 is 0.229 bits per heavy atom. The third kappa shape index (κ3) is 70.8. The Morgan fingerprint density at radius 2 is 0.398 bits per heavy atom. The molecule has 0 aliphatic carbocycles. The van der Waals surface area contributed by atoms with Crippen LogP contribution in [0.4, 0.5) is 0 Å². The molecule has 0 saturated heterocycles. The SMILES string of the molecule is CCCCCCCCC/C=C\CCCCCCCC(=O)OCC(COC(=O)CCCCCCCCCCCCCCCCCCCCCCCCCCCCCCCC)OC(=O)CCCCCCCCCCCCCCCCCCCCC. The monoisotopic (exact) mass is 1170 g/mol. The van der Waals surface area contributed by atoms with Crippen molar-refractivity contribution in [2.45, 2.75) is 451 Å². The van der Waals surface area contributed by atoms with Crippen LogP contribution in [0.2, 0.25) is 0 Å². The van der Waals surface area contributed by atoms with Crippen LogP contribution < -0.4 is 0 Å². The van der Waals surface area contributed by atoms with Crippen molar-refractivity contribution in [2.75, 3.05) is 13.2 Å². The van der Waals surface area contributed by atoms with Crippen LogP contribution >= 0.6 is 0 Å². The molecule has 0 bridgehead atoms. The van der Waals surface area contributed by atoms with Gasteiger partial charge in [0.15, 0.2) is 6.10 Å². The first-order valence-corrected chi connectivity index (χ1v) is 38.2. The van der Waals surface area contributed by atoms with Gasteiger partial charge in [-0.3, -0.25) is 14.4 Å². The highest BCUT2D eigenvalue weighted by atomic mass is 16.6. The number of hydrogen-bond acceptors (Lipinski definition) is 6. The van der Waals surface area contributed by atoms with E-state index >= 15 is 0 Å². The fourth-order valence-corrected chi connectivity index (χ4v) is 12.0. The first kappa shape index (κ1) is 81.2. The highest BCUT2D eigenvalue weighted by Gasteiger charge is 2.20. The summed E-state index contributed by atoms with van der Waals surface area (Å²) < 4.78 is 17.0. The van der Waals surface area contributed by atoms with Crippen molar-refractivity contribution in [3.05, 3.63) is 12.2 Å². The average molecular weight is 1170 g/mol. The first-order valence-electron chi connectivity index (χ1n) is 38.2. The molecule has 0 aromatic heterocycles. The van der Waals surface area contributed by atoms with Gasteiger partial charge in [-0.1, -0.05) is 392 Å². The van der Waals surface area contributed by atoms with Crippen molar-refractivity contribution in [1.29, 1.82) is 0 Å². The molecule has 0 saturated carbocycles. The van der Waals surface area contributed by atoms with E-state index in [0.29, 0.717) is 19.3 Å². The van der Waals surface area contributed by atoms with E-state index in [9.17, 15) is 14.4 Å². The zero-order valence-electron chi connectivity index (χ0n) is 56.8. The Balaban J connectivity index is 4.17. The van der Waals surface area contributed by atoms with Crippen molar-refractivity contribution in [3.8, 4) is 0 Å². The molecule has 6 nitrogen and oxygen atoms in total. The van der Waals surface area contributed by atoms with Crippen molar-refractivity contribution in [3.63, 3.8) is 0 Å². The molecule has 492 valence electrons. The second kappa shape index (κ2) is 72.6. The molecule has 0 aliphatic heterocycles. The van der Waals surface area contributed by atoms with Gasteiger partial charge in [0, 0.05) is 19.3 Å². The summed E-state index contributed by atoms with van der Waals surface area (Å²) in [5.41, 5.74) is 0. The van der Waals surface area contributed by atoms with Crippen LogP contribution in [0, 0.1) is 0 Å². The predicted octanol–water partition coefficient (Wildman–Crippen LogP) is 26.3. The van der Waals surface area contributed by atoms with Crippen molar-refractivity contribution >= 4 is 17.9 Å². The van der Waals surface area contributed by atoms with E-state index in [2.05, 4.69) is 32.9 Å². The fourth-order valence-electron chi connectivity index (χ4n) is 12.0. The van der Waals surface area contributed by atoms with Gasteiger partial charge in [0.1, 0.15) is 13.2 Å². The Kier molecular flexibility index (Phi) is 71.0. The third-order valence-electron chi connectivity index (χ3n) is 17.8. The van der Waals surface area contributed by atoms with Gasteiger partial charge in [0.2, 0.25) is 0 Å². The molecular weight excluding hydrogens is 1020 g/mol. The zero-order valence-corrected chi connectivity index (χ0v) is 56.8. The molecule has 0 spiro atoms. The second-order valence-corrected chi connectivity index (χ2v) is 26.3. The van der Waals surface area contributed by atoms with Crippen molar-refractivity contribution in [2.24, 2.45) is 0 Å². The number of allylic oxidation sites excluding steroid dienone is 2. The van der Waals surface area contributed by atoms with Crippen molar-refractivity contribution < 1.29 is 28.6 Å². The number of carbonyl (C=O) groups excluding carboxylic acids is 3. The minimum atomic E-state index is -0.770. The molecule has 0 aliphatic rings. The maximum atomic E-state index is 13.0. The van der Waals surface area contributed by atoms with Gasteiger partial charge in [-0.05, 0) is 44.9 Å². The summed E-state index contributed by atoms with van der Waals surface area (Å²) in [7, 11) is 0. The van der Waals surface area contributed by atoms with E-state index in [4.69, 9.17) is 14.2 Å². The summed E-state index contributed by atoms with van der Waals surface area (Å²) in [6.07, 6.45) is 88.4. The summed E-state index contributed by atoms with van der Waals surface area (Å²) in [5.74, 6) is -0.835. The average Bonchev–Trinajstić information content (AvgIpc) is 3.50. The van der Waals surface area contributed by atoms with E-state index in [0.717, 1.165) is 64.2 Å². The molecule has 0 N–H and O–H groups in total. The van der Waals surface area contributed by atoms with Crippen molar-refractivity contribution in [1.82, 2.24) is 0 Å². The summed E-state index contributed by atoms with van der Waals surface area (Å²) in [6, 6.07) is 0. The highest BCUT2D eigenvalue weighted by molar-refractivity contribution is 5.71. The van der Waals surface area contributed by atoms with Crippen LogP contribution in [0.25, 0.3) is 0 Å². The van der Waals surface area contributed by atoms with Crippen LogP contribution in [-0.4, -0.2) is 37.2 Å². The third-order valence-corrected chi connectivity index (χ3v) is 17.8. The van der Waals surface area contributed by atoms with E-state index in [-0.39, 0.29) is 31.1 Å². The largest absolute Gasteiger partial charge is 0.462 e. The van der Waals surface area contributed by atoms with Crippen LogP contribution in [0.15, 0.2) is 12.2 Å². The summed E-state index contributed by atoms with van der Waals surface area (Å²) in [5, 5.41) is 0. The molecule has 1 atom stereocenters. The van der Waals surface area contributed by atoms with Crippen LogP contribution in [0.1, 0.15) is 445 Å². The molecule has 0 aromatic rings. The Morgan fingerprint density at radius 3 is 0.602 bits per heavy atom. The van der Waals surface area contributed by atoms with Crippen LogP contribution in [-0.2, 0) is 28.6 Å². The van der Waals surface area contributed by atoms with E-state index < -0.39 is 6.10 Å². The van der Waals surface area contributed by atoms with Gasteiger partial charge in [-0.2, -0.15) is 0 Å². The molecule has 83 heavy (non-hydrogen) atoms. The lowest BCUT2D eigenvalue weighted by atomic mass is 10.0. The van der Waals surface area contributed by atoms with Gasteiger partial charge in [-0.25, -0.2) is 0 Å². The molecule has 0 aromatic carbocycles. The number of unbranched alkanes of at least 4 members (excludes halogenated alkanes) is 59. The lowest BCUT2D eigenvalue weighted by molar-refractivity contribution is -0.167. The molecule has 0 rings (SSSR count). The maximum Gasteiger partial charge on any atom is 0.306 e. The molecule has 0 heterocycles. The molecule has 6 heteroatoms. The molecule has 0 amide bonds. The van der Waals surface area contributed by atoms with E-state index in [1.54, 1.807) is 0 Å². The van der Waals surface area contributed by atoms with Gasteiger partial charge in [0.25, 0.3) is 0 Å². The minimum absolute atomic E-state index is 0.0653. The molecule has 0 radical (unpaired) electrons. The topological polar surface area (TPSA) is 78.9 Å². The standard InChI is InChI=1S/C77H148O6/c1-4-7-10-13-16-19-22-25-28-31-33-34-35-36-37-38-39-40-41-42-43-45-46-49-52-55-58-61-64-67-70-76(79)82-73-74(72-81-75(78)69-66-63-60-57-54-51-48-30-27-24-21-18-15-12-9-6-3)83-77(80)71-68-65-62-59-56-53-50-47-44-32-29-26-23-20-17-14-11-8-5-2/h30,48,74H,4-29,31-47,49-73H2,1-3H3/b48-30-. The summed E-state index contributed by atoms with van der Waals surface area (Å²) in [4.78, 5) is 38.5. The van der Waals surface area contributed by atoms with Gasteiger partial charge >= 0.3 is 17.9 Å².